The van der Waals surface area contributed by atoms with E-state index in [0.717, 1.165) is 12.1 Å². The standard InChI is InChI=1S/C22H20F3N3O3.2ClH/c23-22(24,25)16-5-3-15(4-6-16)19-7-8-20(31-19)21(29)28-11-10-27-12-17(28)14-30-18-2-1-9-26-13-18;;/h1-9,13,17,27H,10-12,14H2;2*1H. The van der Waals surface area contributed by atoms with Gasteiger partial charge in [-0.15, -0.1) is 24.8 Å². The first kappa shape index (κ1) is 26.5. The SMILES string of the molecule is Cl.Cl.O=C(c1ccc(-c2ccc(C(F)(F)F)cc2)o1)N1CCNCC1COc1cccnc1. The van der Waals surface area contributed by atoms with Crippen molar-refractivity contribution < 1.29 is 27.1 Å². The van der Waals surface area contributed by atoms with E-state index in [1.807, 2.05) is 0 Å². The summed E-state index contributed by atoms with van der Waals surface area (Å²) in [6, 6.07) is 11.1. The average molecular weight is 504 g/mol. The minimum absolute atomic E-state index is 0. The van der Waals surface area contributed by atoms with Gasteiger partial charge in [0.2, 0.25) is 0 Å². The van der Waals surface area contributed by atoms with E-state index in [0.29, 0.717) is 36.7 Å². The molecule has 1 fully saturated rings. The molecule has 1 aliphatic heterocycles. The van der Waals surface area contributed by atoms with Crippen molar-refractivity contribution in [2.75, 3.05) is 26.2 Å². The molecule has 1 amide bonds. The molecule has 1 aromatic carbocycles. The monoisotopic (exact) mass is 503 g/mol. The van der Waals surface area contributed by atoms with Crippen molar-refractivity contribution in [3.8, 4) is 17.1 Å². The van der Waals surface area contributed by atoms with E-state index in [9.17, 15) is 18.0 Å². The van der Waals surface area contributed by atoms with Crippen LogP contribution >= 0.6 is 24.8 Å². The molecule has 11 heteroatoms. The second kappa shape index (κ2) is 11.4. The van der Waals surface area contributed by atoms with Crippen LogP contribution in [0.2, 0.25) is 0 Å². The Morgan fingerprint density at radius 1 is 1.15 bits per heavy atom. The molecule has 0 spiro atoms. The van der Waals surface area contributed by atoms with Gasteiger partial charge >= 0.3 is 6.18 Å². The topological polar surface area (TPSA) is 67.6 Å². The number of hydrogen-bond donors (Lipinski definition) is 1. The smallest absolute Gasteiger partial charge is 0.416 e. The number of nitrogens with one attached hydrogen (secondary N) is 1. The lowest BCUT2D eigenvalue weighted by Gasteiger charge is -2.35. The Bertz CT molecular complexity index is 1030. The van der Waals surface area contributed by atoms with Crippen molar-refractivity contribution in [1.82, 2.24) is 15.2 Å². The van der Waals surface area contributed by atoms with Crippen LogP contribution in [-0.4, -0.2) is 48.1 Å². The second-order valence-corrected chi connectivity index (χ2v) is 7.10. The number of carbonyl (C=O) groups excluding carboxylic acids is 1. The minimum Gasteiger partial charge on any atom is -0.490 e. The van der Waals surface area contributed by atoms with E-state index in [1.165, 1.54) is 18.2 Å². The lowest BCUT2D eigenvalue weighted by atomic mass is 10.1. The van der Waals surface area contributed by atoms with Crippen LogP contribution in [0.5, 0.6) is 5.75 Å². The highest BCUT2D eigenvalue weighted by Gasteiger charge is 2.31. The van der Waals surface area contributed by atoms with Crippen LogP contribution in [0.1, 0.15) is 16.1 Å². The highest BCUT2D eigenvalue weighted by Crippen LogP contribution is 2.31. The number of nitrogens with zero attached hydrogens (tertiary/aromatic N) is 2. The first-order valence-electron chi connectivity index (χ1n) is 9.74. The zero-order valence-electron chi connectivity index (χ0n) is 17.2. The van der Waals surface area contributed by atoms with Crippen LogP contribution in [0.15, 0.2) is 65.3 Å². The number of benzene rings is 1. The third kappa shape index (κ3) is 6.40. The number of piperazine rings is 1. The molecule has 0 saturated carbocycles. The zero-order chi connectivity index (χ0) is 21.8. The van der Waals surface area contributed by atoms with Crippen molar-refractivity contribution in [3.05, 3.63) is 72.2 Å². The molecule has 4 rings (SSSR count). The molecular formula is C22H22Cl2F3N3O3. The number of amides is 1. The van der Waals surface area contributed by atoms with Gasteiger partial charge < -0.3 is 19.4 Å². The number of carbonyl (C=O) groups is 1. The van der Waals surface area contributed by atoms with Crippen LogP contribution in [0.3, 0.4) is 0 Å². The predicted molar refractivity (Wildman–Crippen MR) is 121 cm³/mol. The maximum absolute atomic E-state index is 13.0. The van der Waals surface area contributed by atoms with E-state index in [4.69, 9.17) is 9.15 Å². The molecule has 3 aromatic rings. The lowest BCUT2D eigenvalue weighted by Crippen LogP contribution is -2.55. The fourth-order valence-electron chi connectivity index (χ4n) is 3.38. The average Bonchev–Trinajstić information content (AvgIpc) is 3.28. The Morgan fingerprint density at radius 2 is 1.91 bits per heavy atom. The summed E-state index contributed by atoms with van der Waals surface area (Å²) in [4.78, 5) is 18.7. The molecule has 178 valence electrons. The Kier molecular flexibility index (Phi) is 9.16. The van der Waals surface area contributed by atoms with Gasteiger partial charge in [0.1, 0.15) is 18.1 Å². The van der Waals surface area contributed by atoms with E-state index in [-0.39, 0.29) is 49.1 Å². The molecule has 0 radical (unpaired) electrons. The van der Waals surface area contributed by atoms with Crippen LogP contribution in [0.25, 0.3) is 11.3 Å². The van der Waals surface area contributed by atoms with Crippen molar-refractivity contribution >= 4 is 30.7 Å². The second-order valence-electron chi connectivity index (χ2n) is 7.10. The summed E-state index contributed by atoms with van der Waals surface area (Å²) in [6.07, 6.45) is -1.15. The summed E-state index contributed by atoms with van der Waals surface area (Å²) < 4.78 is 49.7. The number of ether oxygens (including phenoxy) is 1. The maximum atomic E-state index is 13.0. The summed E-state index contributed by atoms with van der Waals surface area (Å²) in [5.74, 6) is 0.779. The van der Waals surface area contributed by atoms with Crippen LogP contribution in [0.4, 0.5) is 13.2 Å². The highest BCUT2D eigenvalue weighted by atomic mass is 35.5. The van der Waals surface area contributed by atoms with Gasteiger partial charge in [-0.05, 0) is 36.4 Å². The molecule has 2 aromatic heterocycles. The number of aromatic nitrogens is 1. The Hall–Kier alpha value is -2.75. The van der Waals surface area contributed by atoms with Crippen molar-refractivity contribution in [2.45, 2.75) is 12.2 Å². The molecule has 1 atom stereocenters. The molecule has 33 heavy (non-hydrogen) atoms. The predicted octanol–water partition coefficient (Wildman–Crippen LogP) is 4.70. The Labute approximate surface area is 200 Å². The molecule has 3 heterocycles. The number of furan rings is 1. The molecule has 0 bridgehead atoms. The van der Waals surface area contributed by atoms with Gasteiger partial charge in [0.15, 0.2) is 5.76 Å². The lowest BCUT2D eigenvalue weighted by molar-refractivity contribution is -0.137. The quantitative estimate of drug-likeness (QED) is 0.546. The van der Waals surface area contributed by atoms with Gasteiger partial charge in [0.05, 0.1) is 17.8 Å². The largest absolute Gasteiger partial charge is 0.490 e. The normalized spacial score (nSPS) is 15.8. The van der Waals surface area contributed by atoms with Crippen LogP contribution in [0, 0.1) is 0 Å². The summed E-state index contributed by atoms with van der Waals surface area (Å²) >= 11 is 0. The number of pyridine rings is 1. The first-order valence-corrected chi connectivity index (χ1v) is 9.74. The minimum atomic E-state index is -4.40. The van der Waals surface area contributed by atoms with Gasteiger partial charge in [0, 0.05) is 31.4 Å². The first-order chi connectivity index (χ1) is 14.9. The fourth-order valence-corrected chi connectivity index (χ4v) is 3.38. The summed E-state index contributed by atoms with van der Waals surface area (Å²) in [6.45, 7) is 1.98. The van der Waals surface area contributed by atoms with E-state index >= 15 is 0 Å². The molecule has 0 aliphatic carbocycles. The maximum Gasteiger partial charge on any atom is 0.416 e. The van der Waals surface area contributed by atoms with Crippen molar-refractivity contribution in [3.63, 3.8) is 0 Å². The number of alkyl halides is 3. The third-order valence-electron chi connectivity index (χ3n) is 5.00. The fraction of sp³-hybridized carbons (Fsp3) is 0.273. The van der Waals surface area contributed by atoms with E-state index < -0.39 is 11.7 Å². The summed E-state index contributed by atoms with van der Waals surface area (Å²) in [5, 5.41) is 3.24. The summed E-state index contributed by atoms with van der Waals surface area (Å²) in [5.41, 5.74) is -0.278. The van der Waals surface area contributed by atoms with Gasteiger partial charge in [-0.2, -0.15) is 13.2 Å². The van der Waals surface area contributed by atoms with Gasteiger partial charge in [-0.3, -0.25) is 9.78 Å². The molecule has 1 unspecified atom stereocenters. The Morgan fingerprint density at radius 3 is 2.58 bits per heavy atom. The number of rotatable bonds is 5. The van der Waals surface area contributed by atoms with Gasteiger partial charge in [-0.1, -0.05) is 12.1 Å². The molecule has 1 N–H and O–H groups in total. The van der Waals surface area contributed by atoms with E-state index in [1.54, 1.807) is 35.5 Å². The molecular weight excluding hydrogens is 482 g/mol. The highest BCUT2D eigenvalue weighted by molar-refractivity contribution is 5.92. The van der Waals surface area contributed by atoms with Crippen molar-refractivity contribution in [1.29, 1.82) is 0 Å². The van der Waals surface area contributed by atoms with Gasteiger partial charge in [-0.25, -0.2) is 0 Å². The van der Waals surface area contributed by atoms with Crippen molar-refractivity contribution in [2.24, 2.45) is 0 Å². The van der Waals surface area contributed by atoms with Gasteiger partial charge in [0.25, 0.3) is 5.91 Å². The third-order valence-corrected chi connectivity index (χ3v) is 5.00. The summed E-state index contributed by atoms with van der Waals surface area (Å²) in [7, 11) is 0. The molecule has 1 saturated heterocycles. The van der Waals surface area contributed by atoms with E-state index in [2.05, 4.69) is 10.3 Å². The zero-order valence-corrected chi connectivity index (χ0v) is 18.9. The Balaban J connectivity index is 0.00000193. The molecule has 1 aliphatic rings. The number of halogens is 5. The van der Waals surface area contributed by atoms with Crippen LogP contribution in [-0.2, 0) is 6.18 Å². The van der Waals surface area contributed by atoms with Crippen LogP contribution < -0.4 is 10.1 Å². The number of hydrogen-bond acceptors (Lipinski definition) is 5. The molecule has 6 nitrogen and oxygen atoms in total.